The second-order valence-electron chi connectivity index (χ2n) is 4.27. The molecule has 0 spiro atoms. The first-order valence-electron chi connectivity index (χ1n) is 5.66. The first kappa shape index (κ1) is 11.8. The average molecular weight is 231 g/mol. The summed E-state index contributed by atoms with van der Waals surface area (Å²) in [6, 6.07) is 11.4. The van der Waals surface area contributed by atoms with Crippen LogP contribution in [0.2, 0.25) is 0 Å². The highest BCUT2D eigenvalue weighted by Crippen LogP contribution is 2.16. The van der Waals surface area contributed by atoms with Crippen LogP contribution in [0.25, 0.3) is 0 Å². The Bertz CT molecular complexity index is 467. The van der Waals surface area contributed by atoms with Gasteiger partial charge in [0, 0.05) is 11.7 Å². The van der Waals surface area contributed by atoms with E-state index in [0.717, 1.165) is 11.3 Å². The molecule has 1 aromatic carbocycles. The van der Waals surface area contributed by atoms with Crippen LogP contribution in [-0.4, -0.2) is 21.3 Å². The van der Waals surface area contributed by atoms with Crippen molar-refractivity contribution in [1.82, 2.24) is 10.2 Å². The van der Waals surface area contributed by atoms with Crippen LogP contribution in [0.3, 0.4) is 0 Å². The zero-order chi connectivity index (χ0) is 12.3. The van der Waals surface area contributed by atoms with E-state index in [-0.39, 0.29) is 6.04 Å². The predicted octanol–water partition coefficient (Wildman–Crippen LogP) is 1.32. The van der Waals surface area contributed by atoms with Crippen LogP contribution < -0.4 is 5.73 Å². The molecule has 2 atom stereocenters. The summed E-state index contributed by atoms with van der Waals surface area (Å²) < 4.78 is 0. The van der Waals surface area contributed by atoms with E-state index in [0.29, 0.717) is 12.1 Å². The lowest BCUT2D eigenvalue weighted by molar-refractivity contribution is 0.141. The number of benzene rings is 1. The minimum atomic E-state index is -0.736. The lowest BCUT2D eigenvalue weighted by Crippen LogP contribution is -2.30. The van der Waals surface area contributed by atoms with E-state index in [1.807, 2.05) is 43.3 Å². The van der Waals surface area contributed by atoms with E-state index >= 15 is 0 Å². The Labute approximate surface area is 100 Å². The quantitative estimate of drug-likeness (QED) is 0.743. The number of hydrogen-bond donors (Lipinski definition) is 3. The molecule has 0 saturated carbocycles. The zero-order valence-corrected chi connectivity index (χ0v) is 9.80. The van der Waals surface area contributed by atoms with Crippen molar-refractivity contribution in [2.24, 2.45) is 5.73 Å². The van der Waals surface area contributed by atoms with Crippen LogP contribution >= 0.6 is 0 Å². The number of nitrogens with one attached hydrogen (secondary N) is 1. The van der Waals surface area contributed by atoms with Gasteiger partial charge in [0.05, 0.1) is 5.69 Å². The number of aliphatic hydroxyl groups excluding tert-OH is 1. The van der Waals surface area contributed by atoms with Gasteiger partial charge in [-0.3, -0.25) is 5.10 Å². The molecule has 90 valence electrons. The van der Waals surface area contributed by atoms with Crippen molar-refractivity contribution in [3.05, 3.63) is 53.3 Å². The molecular formula is C13H17N3O. The molecule has 0 aliphatic heterocycles. The Balaban J connectivity index is 2.03. The Hall–Kier alpha value is -1.65. The SMILES string of the molecule is Cc1cc(C(O)C(N)Cc2ccccc2)n[nH]1. The second-order valence-corrected chi connectivity index (χ2v) is 4.27. The Morgan fingerprint density at radius 2 is 2.06 bits per heavy atom. The molecule has 2 rings (SSSR count). The predicted molar refractivity (Wildman–Crippen MR) is 66.4 cm³/mol. The highest BCUT2D eigenvalue weighted by molar-refractivity contribution is 5.18. The minimum Gasteiger partial charge on any atom is -0.385 e. The molecule has 0 fully saturated rings. The molecule has 0 saturated heterocycles. The van der Waals surface area contributed by atoms with Gasteiger partial charge in [0.1, 0.15) is 6.10 Å². The maximum absolute atomic E-state index is 10.1. The van der Waals surface area contributed by atoms with Crippen LogP contribution in [0.5, 0.6) is 0 Å². The maximum atomic E-state index is 10.1. The van der Waals surface area contributed by atoms with Crippen LogP contribution in [-0.2, 0) is 6.42 Å². The highest BCUT2D eigenvalue weighted by atomic mass is 16.3. The van der Waals surface area contributed by atoms with E-state index in [2.05, 4.69) is 10.2 Å². The Morgan fingerprint density at radius 1 is 1.35 bits per heavy atom. The van der Waals surface area contributed by atoms with Crippen LogP contribution in [0.15, 0.2) is 36.4 Å². The molecule has 1 aromatic heterocycles. The Morgan fingerprint density at radius 3 is 2.65 bits per heavy atom. The Kier molecular flexibility index (Phi) is 3.56. The molecule has 0 bridgehead atoms. The summed E-state index contributed by atoms with van der Waals surface area (Å²) in [6.45, 7) is 1.89. The van der Waals surface area contributed by atoms with Gasteiger partial charge in [0.2, 0.25) is 0 Å². The van der Waals surface area contributed by atoms with Gasteiger partial charge in [-0.2, -0.15) is 5.10 Å². The van der Waals surface area contributed by atoms with Crippen molar-refractivity contribution < 1.29 is 5.11 Å². The fraction of sp³-hybridized carbons (Fsp3) is 0.308. The third-order valence-corrected chi connectivity index (χ3v) is 2.75. The molecule has 0 aliphatic rings. The minimum absolute atomic E-state index is 0.347. The molecular weight excluding hydrogens is 214 g/mol. The molecule has 0 aliphatic carbocycles. The number of aryl methyl sites for hydroxylation is 1. The van der Waals surface area contributed by atoms with Gasteiger partial charge in [-0.05, 0) is 25.0 Å². The zero-order valence-electron chi connectivity index (χ0n) is 9.80. The summed E-state index contributed by atoms with van der Waals surface area (Å²) in [5.41, 5.74) is 8.63. The maximum Gasteiger partial charge on any atom is 0.113 e. The summed E-state index contributed by atoms with van der Waals surface area (Å²) in [5, 5.41) is 16.9. The summed E-state index contributed by atoms with van der Waals surface area (Å²) in [7, 11) is 0. The van der Waals surface area contributed by atoms with Crippen molar-refractivity contribution in [1.29, 1.82) is 0 Å². The monoisotopic (exact) mass is 231 g/mol. The second kappa shape index (κ2) is 5.12. The van der Waals surface area contributed by atoms with Gasteiger partial charge in [-0.1, -0.05) is 30.3 Å². The third kappa shape index (κ3) is 2.93. The largest absolute Gasteiger partial charge is 0.385 e. The van der Waals surface area contributed by atoms with E-state index < -0.39 is 6.10 Å². The first-order valence-corrected chi connectivity index (χ1v) is 5.66. The number of nitrogens with zero attached hydrogens (tertiary/aromatic N) is 1. The molecule has 2 unspecified atom stereocenters. The molecule has 1 heterocycles. The molecule has 4 heteroatoms. The van der Waals surface area contributed by atoms with Crippen LogP contribution in [0.4, 0.5) is 0 Å². The molecule has 17 heavy (non-hydrogen) atoms. The van der Waals surface area contributed by atoms with Crippen molar-refractivity contribution in [2.45, 2.75) is 25.5 Å². The van der Waals surface area contributed by atoms with E-state index in [9.17, 15) is 5.11 Å². The molecule has 0 radical (unpaired) electrons. The van der Waals surface area contributed by atoms with E-state index in [1.165, 1.54) is 0 Å². The smallest absolute Gasteiger partial charge is 0.113 e. The fourth-order valence-corrected chi connectivity index (χ4v) is 1.81. The van der Waals surface area contributed by atoms with Gasteiger partial charge in [-0.15, -0.1) is 0 Å². The average Bonchev–Trinajstić information content (AvgIpc) is 2.76. The van der Waals surface area contributed by atoms with Crippen molar-refractivity contribution in [2.75, 3.05) is 0 Å². The van der Waals surface area contributed by atoms with E-state index in [1.54, 1.807) is 0 Å². The summed E-state index contributed by atoms with van der Waals surface area (Å²) in [6.07, 6.45) is -0.103. The van der Waals surface area contributed by atoms with E-state index in [4.69, 9.17) is 5.73 Å². The number of rotatable bonds is 4. The van der Waals surface area contributed by atoms with Gasteiger partial charge in [-0.25, -0.2) is 0 Å². The molecule has 0 amide bonds. The summed E-state index contributed by atoms with van der Waals surface area (Å²) in [5.74, 6) is 0. The lowest BCUT2D eigenvalue weighted by atomic mass is 10.0. The van der Waals surface area contributed by atoms with Crippen molar-refractivity contribution in [3.8, 4) is 0 Å². The number of hydrogen-bond acceptors (Lipinski definition) is 3. The van der Waals surface area contributed by atoms with Gasteiger partial charge < -0.3 is 10.8 Å². The van der Waals surface area contributed by atoms with Gasteiger partial charge >= 0.3 is 0 Å². The lowest BCUT2D eigenvalue weighted by Gasteiger charge is -2.16. The summed E-state index contributed by atoms with van der Waals surface area (Å²) in [4.78, 5) is 0. The normalized spacial score (nSPS) is 14.5. The topological polar surface area (TPSA) is 74.9 Å². The van der Waals surface area contributed by atoms with Crippen molar-refractivity contribution >= 4 is 0 Å². The van der Waals surface area contributed by atoms with Gasteiger partial charge in [0.25, 0.3) is 0 Å². The molecule has 4 nitrogen and oxygen atoms in total. The summed E-state index contributed by atoms with van der Waals surface area (Å²) >= 11 is 0. The number of aliphatic hydroxyl groups is 1. The molecule has 2 aromatic rings. The van der Waals surface area contributed by atoms with Crippen molar-refractivity contribution in [3.63, 3.8) is 0 Å². The van der Waals surface area contributed by atoms with Crippen LogP contribution in [0.1, 0.15) is 23.1 Å². The molecule has 4 N–H and O–H groups in total. The number of aromatic nitrogens is 2. The van der Waals surface area contributed by atoms with Crippen LogP contribution in [0, 0.1) is 6.92 Å². The third-order valence-electron chi connectivity index (χ3n) is 2.75. The number of H-pyrrole nitrogens is 1. The number of aromatic amines is 1. The van der Waals surface area contributed by atoms with Gasteiger partial charge in [0.15, 0.2) is 0 Å². The fourth-order valence-electron chi connectivity index (χ4n) is 1.81. The standard InChI is InChI=1S/C13H17N3O/c1-9-7-12(16-15-9)13(17)11(14)8-10-5-3-2-4-6-10/h2-7,11,13,17H,8,14H2,1H3,(H,15,16). The highest BCUT2D eigenvalue weighted by Gasteiger charge is 2.19. The first-order chi connectivity index (χ1) is 8.16. The number of nitrogens with two attached hydrogens (primary N) is 1.